The molecule has 0 saturated carbocycles. The molecule has 2 aromatic carbocycles. The molecule has 0 radical (unpaired) electrons. The Bertz CT molecular complexity index is 969. The van der Waals surface area contributed by atoms with Crippen LogP contribution in [0.4, 0.5) is 5.69 Å². The molecule has 0 bridgehead atoms. The van der Waals surface area contributed by atoms with Crippen molar-refractivity contribution in [1.29, 1.82) is 0 Å². The van der Waals surface area contributed by atoms with E-state index in [0.29, 0.717) is 30.6 Å². The predicted molar refractivity (Wildman–Crippen MR) is 101 cm³/mol. The van der Waals surface area contributed by atoms with E-state index in [1.54, 1.807) is 25.1 Å². The highest BCUT2D eigenvalue weighted by molar-refractivity contribution is 5.85. The van der Waals surface area contributed by atoms with E-state index in [4.69, 9.17) is 0 Å². The predicted octanol–water partition coefficient (Wildman–Crippen LogP) is 3.88. The Labute approximate surface area is 151 Å². The zero-order chi connectivity index (χ0) is 18.5. The summed E-state index contributed by atoms with van der Waals surface area (Å²) in [6.07, 6.45) is 0.970. The number of carbonyl (C=O) groups is 1. The highest BCUT2D eigenvalue weighted by atomic mass is 16.6. The van der Waals surface area contributed by atoms with Gasteiger partial charge in [-0.25, -0.2) is 4.98 Å². The monoisotopic (exact) mass is 349 g/mol. The molecular formula is C20H19N3O3. The van der Waals surface area contributed by atoms with Gasteiger partial charge in [-0.05, 0) is 30.2 Å². The first-order chi connectivity index (χ1) is 12.6. The van der Waals surface area contributed by atoms with Crippen molar-refractivity contribution in [2.24, 2.45) is 0 Å². The van der Waals surface area contributed by atoms with Gasteiger partial charge in [-0.2, -0.15) is 0 Å². The average molecular weight is 349 g/mol. The molecule has 132 valence electrons. The van der Waals surface area contributed by atoms with Crippen LogP contribution in [-0.4, -0.2) is 22.4 Å². The van der Waals surface area contributed by atoms with Gasteiger partial charge >= 0.3 is 0 Å². The number of nitro benzene ring substituents is 1. The number of nitrogens with one attached hydrogen (secondary N) is 1. The standard InChI is InChI=1S/C20H19N3O3/c1-2-19(24)21-12-11-15-13-14-7-3-5-9-17(14)22-20(15)16-8-4-6-10-18(16)23(25)26/h3-10,13H,2,11-12H2,1H3,(H,21,24). The fraction of sp³-hybridized carbons (Fsp3) is 0.200. The number of aromatic nitrogens is 1. The van der Waals surface area contributed by atoms with Crippen LogP contribution in [0.2, 0.25) is 0 Å². The summed E-state index contributed by atoms with van der Waals surface area (Å²) in [6, 6.07) is 16.3. The Hall–Kier alpha value is -3.28. The molecule has 0 aliphatic rings. The van der Waals surface area contributed by atoms with E-state index in [1.165, 1.54) is 6.07 Å². The lowest BCUT2D eigenvalue weighted by molar-refractivity contribution is -0.384. The minimum Gasteiger partial charge on any atom is -0.356 e. The summed E-state index contributed by atoms with van der Waals surface area (Å²) in [5.41, 5.74) is 2.74. The maximum Gasteiger partial charge on any atom is 0.278 e. The Morgan fingerprint density at radius 2 is 1.88 bits per heavy atom. The van der Waals surface area contributed by atoms with Crippen LogP contribution in [0.25, 0.3) is 22.2 Å². The van der Waals surface area contributed by atoms with Crippen molar-refractivity contribution < 1.29 is 9.72 Å². The van der Waals surface area contributed by atoms with Gasteiger partial charge in [-0.1, -0.05) is 37.3 Å². The van der Waals surface area contributed by atoms with Crippen molar-refractivity contribution in [3.05, 3.63) is 70.3 Å². The number of pyridine rings is 1. The minimum atomic E-state index is -0.394. The smallest absolute Gasteiger partial charge is 0.278 e. The van der Waals surface area contributed by atoms with Gasteiger partial charge in [0.25, 0.3) is 5.69 Å². The number of rotatable bonds is 6. The molecule has 6 heteroatoms. The molecule has 0 aliphatic heterocycles. The second-order valence-electron chi connectivity index (χ2n) is 5.92. The molecule has 3 rings (SSSR count). The van der Waals surface area contributed by atoms with Crippen LogP contribution in [0, 0.1) is 10.1 Å². The Kier molecular flexibility index (Phi) is 5.22. The van der Waals surface area contributed by atoms with Gasteiger partial charge in [-0.3, -0.25) is 14.9 Å². The molecule has 6 nitrogen and oxygen atoms in total. The second-order valence-corrected chi connectivity index (χ2v) is 5.92. The summed E-state index contributed by atoms with van der Waals surface area (Å²) in [6.45, 7) is 2.26. The fourth-order valence-corrected chi connectivity index (χ4v) is 2.88. The Morgan fingerprint density at radius 3 is 2.65 bits per heavy atom. The second kappa shape index (κ2) is 7.74. The van der Waals surface area contributed by atoms with Crippen LogP contribution in [0.3, 0.4) is 0 Å². The van der Waals surface area contributed by atoms with Crippen molar-refractivity contribution in [3.8, 4) is 11.3 Å². The zero-order valence-corrected chi connectivity index (χ0v) is 14.4. The van der Waals surface area contributed by atoms with E-state index in [2.05, 4.69) is 10.3 Å². The van der Waals surface area contributed by atoms with Crippen molar-refractivity contribution >= 4 is 22.5 Å². The van der Waals surface area contributed by atoms with Gasteiger partial charge < -0.3 is 5.32 Å². The van der Waals surface area contributed by atoms with E-state index in [9.17, 15) is 14.9 Å². The molecule has 1 amide bonds. The van der Waals surface area contributed by atoms with Crippen LogP contribution in [-0.2, 0) is 11.2 Å². The molecule has 3 aromatic rings. The lowest BCUT2D eigenvalue weighted by Gasteiger charge is -2.12. The summed E-state index contributed by atoms with van der Waals surface area (Å²) in [5, 5.41) is 15.2. The Balaban J connectivity index is 2.09. The number of hydrogen-bond donors (Lipinski definition) is 1. The summed E-state index contributed by atoms with van der Waals surface area (Å²) in [5.74, 6) is -0.0222. The number of para-hydroxylation sites is 2. The molecule has 0 saturated heterocycles. The topological polar surface area (TPSA) is 85.1 Å². The third-order valence-electron chi connectivity index (χ3n) is 4.20. The van der Waals surface area contributed by atoms with Crippen molar-refractivity contribution in [2.75, 3.05) is 6.54 Å². The Morgan fingerprint density at radius 1 is 1.15 bits per heavy atom. The maximum atomic E-state index is 11.5. The average Bonchev–Trinajstić information content (AvgIpc) is 2.67. The first kappa shape index (κ1) is 17.5. The largest absolute Gasteiger partial charge is 0.356 e. The molecular weight excluding hydrogens is 330 g/mol. The van der Waals surface area contributed by atoms with Gasteiger partial charge in [0, 0.05) is 24.4 Å². The van der Waals surface area contributed by atoms with Crippen molar-refractivity contribution in [3.63, 3.8) is 0 Å². The van der Waals surface area contributed by atoms with Gasteiger partial charge in [0.2, 0.25) is 5.91 Å². The number of nitrogens with zero attached hydrogens (tertiary/aromatic N) is 2. The summed E-state index contributed by atoms with van der Waals surface area (Å²) in [7, 11) is 0. The van der Waals surface area contributed by atoms with Crippen molar-refractivity contribution in [2.45, 2.75) is 19.8 Å². The molecule has 0 fully saturated rings. The summed E-state index contributed by atoms with van der Waals surface area (Å²) in [4.78, 5) is 27.2. The van der Waals surface area contributed by atoms with Crippen LogP contribution < -0.4 is 5.32 Å². The molecule has 0 atom stereocenters. The minimum absolute atomic E-state index is 0.0222. The number of amides is 1. The van der Waals surface area contributed by atoms with E-state index in [0.717, 1.165) is 16.5 Å². The number of hydrogen-bond acceptors (Lipinski definition) is 4. The lowest BCUT2D eigenvalue weighted by atomic mass is 9.99. The summed E-state index contributed by atoms with van der Waals surface area (Å²) >= 11 is 0. The lowest BCUT2D eigenvalue weighted by Crippen LogP contribution is -2.24. The quantitative estimate of drug-likeness (QED) is 0.540. The number of carbonyl (C=O) groups excluding carboxylic acids is 1. The van der Waals surface area contributed by atoms with Crippen molar-refractivity contribution in [1.82, 2.24) is 10.3 Å². The first-order valence-electron chi connectivity index (χ1n) is 8.49. The van der Waals surface area contributed by atoms with Crippen LogP contribution in [0.5, 0.6) is 0 Å². The molecule has 0 spiro atoms. The van der Waals surface area contributed by atoms with Crippen LogP contribution >= 0.6 is 0 Å². The number of benzene rings is 2. The molecule has 1 N–H and O–H groups in total. The van der Waals surface area contributed by atoms with Crippen LogP contribution in [0.1, 0.15) is 18.9 Å². The van der Waals surface area contributed by atoms with Crippen LogP contribution in [0.15, 0.2) is 54.6 Å². The number of fused-ring (bicyclic) bond motifs is 1. The first-order valence-corrected chi connectivity index (χ1v) is 8.49. The maximum absolute atomic E-state index is 11.5. The fourth-order valence-electron chi connectivity index (χ4n) is 2.88. The summed E-state index contributed by atoms with van der Waals surface area (Å²) < 4.78 is 0. The normalized spacial score (nSPS) is 10.7. The molecule has 0 unspecified atom stereocenters. The van der Waals surface area contributed by atoms with Gasteiger partial charge in [-0.15, -0.1) is 0 Å². The molecule has 1 aromatic heterocycles. The third kappa shape index (κ3) is 3.69. The van der Waals surface area contributed by atoms with E-state index in [-0.39, 0.29) is 11.6 Å². The van der Waals surface area contributed by atoms with Gasteiger partial charge in [0.1, 0.15) is 0 Å². The SMILES string of the molecule is CCC(=O)NCCc1cc2ccccc2nc1-c1ccccc1[N+](=O)[O-]. The van der Waals surface area contributed by atoms with E-state index < -0.39 is 4.92 Å². The van der Waals surface area contributed by atoms with E-state index >= 15 is 0 Å². The highest BCUT2D eigenvalue weighted by Crippen LogP contribution is 2.32. The van der Waals surface area contributed by atoms with Gasteiger partial charge in [0.15, 0.2) is 0 Å². The number of nitro groups is 1. The van der Waals surface area contributed by atoms with Gasteiger partial charge in [0.05, 0.1) is 21.7 Å². The molecule has 0 aliphatic carbocycles. The zero-order valence-electron chi connectivity index (χ0n) is 14.4. The molecule has 1 heterocycles. The highest BCUT2D eigenvalue weighted by Gasteiger charge is 2.19. The molecule has 26 heavy (non-hydrogen) atoms. The third-order valence-corrected chi connectivity index (χ3v) is 4.20. The van der Waals surface area contributed by atoms with E-state index in [1.807, 2.05) is 30.3 Å².